The summed E-state index contributed by atoms with van der Waals surface area (Å²) in [6, 6.07) is 7.17. The summed E-state index contributed by atoms with van der Waals surface area (Å²) < 4.78 is 24.8. The second-order valence-corrected chi connectivity index (χ2v) is 8.63. The van der Waals surface area contributed by atoms with Crippen LogP contribution in [0, 0.1) is 0 Å². The first-order chi connectivity index (χ1) is 10.7. The average Bonchev–Trinajstić information content (AvgIpc) is 2.50. The monoisotopic (exact) mass is 467 g/mol. The van der Waals surface area contributed by atoms with Crippen molar-refractivity contribution in [2.75, 3.05) is 25.9 Å². The Kier molecular flexibility index (Phi) is 9.87. The SMILES string of the molecule is CCCNC(=NC)NCCS(=O)(=O)c1ccc(C(C)(C)C)cc1.I. The van der Waals surface area contributed by atoms with Crippen LogP contribution < -0.4 is 10.6 Å². The number of aliphatic imine (C=N–C) groups is 1. The molecular formula is C17H30IN3O2S. The van der Waals surface area contributed by atoms with Gasteiger partial charge in [0.15, 0.2) is 15.8 Å². The van der Waals surface area contributed by atoms with Crippen LogP contribution in [-0.4, -0.2) is 40.3 Å². The van der Waals surface area contributed by atoms with Crippen molar-refractivity contribution in [1.29, 1.82) is 0 Å². The summed E-state index contributed by atoms with van der Waals surface area (Å²) in [5, 5.41) is 6.14. The number of halogens is 1. The minimum absolute atomic E-state index is 0. The zero-order chi connectivity index (χ0) is 17.5. The Hall–Kier alpha value is -0.830. The summed E-state index contributed by atoms with van der Waals surface area (Å²) in [7, 11) is -1.62. The van der Waals surface area contributed by atoms with Crippen molar-refractivity contribution in [3.05, 3.63) is 29.8 Å². The van der Waals surface area contributed by atoms with Crippen LogP contribution in [0.15, 0.2) is 34.2 Å². The van der Waals surface area contributed by atoms with Crippen LogP contribution in [0.25, 0.3) is 0 Å². The highest BCUT2D eigenvalue weighted by atomic mass is 127. The van der Waals surface area contributed by atoms with E-state index >= 15 is 0 Å². The third kappa shape index (κ3) is 7.38. The Morgan fingerprint density at radius 2 is 1.62 bits per heavy atom. The number of benzene rings is 1. The fourth-order valence-electron chi connectivity index (χ4n) is 2.05. The average molecular weight is 467 g/mol. The standard InChI is InChI=1S/C17H29N3O2S.HI/c1-6-11-19-16(18-5)20-12-13-23(21,22)15-9-7-14(8-10-15)17(2,3)4;/h7-10H,6,11-13H2,1-5H3,(H2,18,19,20);1H. The van der Waals surface area contributed by atoms with Gasteiger partial charge in [0.25, 0.3) is 0 Å². The second-order valence-electron chi connectivity index (χ2n) is 6.52. The van der Waals surface area contributed by atoms with Gasteiger partial charge in [-0.25, -0.2) is 8.42 Å². The van der Waals surface area contributed by atoms with Gasteiger partial charge in [-0.1, -0.05) is 39.8 Å². The van der Waals surface area contributed by atoms with E-state index in [-0.39, 0.29) is 35.1 Å². The van der Waals surface area contributed by atoms with E-state index in [1.807, 2.05) is 12.1 Å². The Balaban J connectivity index is 0.00000529. The Morgan fingerprint density at radius 3 is 2.08 bits per heavy atom. The van der Waals surface area contributed by atoms with Crippen molar-refractivity contribution in [2.24, 2.45) is 4.99 Å². The molecule has 7 heteroatoms. The lowest BCUT2D eigenvalue weighted by Gasteiger charge is -2.19. The van der Waals surface area contributed by atoms with Crippen molar-refractivity contribution < 1.29 is 8.42 Å². The lowest BCUT2D eigenvalue weighted by Crippen LogP contribution is -2.39. The molecule has 1 aromatic carbocycles. The van der Waals surface area contributed by atoms with Crippen LogP contribution in [0.3, 0.4) is 0 Å². The minimum atomic E-state index is -3.29. The second kappa shape index (κ2) is 10.2. The van der Waals surface area contributed by atoms with Crippen LogP contribution in [-0.2, 0) is 15.3 Å². The molecule has 0 heterocycles. The van der Waals surface area contributed by atoms with E-state index in [2.05, 4.69) is 43.3 Å². The molecule has 5 nitrogen and oxygen atoms in total. The van der Waals surface area contributed by atoms with Crippen molar-refractivity contribution in [3.63, 3.8) is 0 Å². The summed E-state index contributed by atoms with van der Waals surface area (Å²) in [6.45, 7) is 9.51. The molecule has 0 aliphatic rings. The number of hydrogen-bond acceptors (Lipinski definition) is 3. The highest BCUT2D eigenvalue weighted by molar-refractivity contribution is 14.0. The fourth-order valence-corrected chi connectivity index (χ4v) is 3.21. The van der Waals surface area contributed by atoms with Crippen LogP contribution in [0.5, 0.6) is 0 Å². The molecule has 1 aromatic rings. The highest BCUT2D eigenvalue weighted by Crippen LogP contribution is 2.23. The molecule has 2 N–H and O–H groups in total. The van der Waals surface area contributed by atoms with Crippen molar-refractivity contribution in [3.8, 4) is 0 Å². The lowest BCUT2D eigenvalue weighted by atomic mass is 9.87. The molecule has 24 heavy (non-hydrogen) atoms. The summed E-state index contributed by atoms with van der Waals surface area (Å²) in [6.07, 6.45) is 0.985. The maximum Gasteiger partial charge on any atom is 0.191 e. The van der Waals surface area contributed by atoms with Gasteiger partial charge < -0.3 is 10.6 Å². The van der Waals surface area contributed by atoms with Gasteiger partial charge in [0.2, 0.25) is 0 Å². The van der Waals surface area contributed by atoms with Gasteiger partial charge in [-0.3, -0.25) is 4.99 Å². The van der Waals surface area contributed by atoms with E-state index in [1.165, 1.54) is 0 Å². The fraction of sp³-hybridized carbons (Fsp3) is 0.588. The van der Waals surface area contributed by atoms with Gasteiger partial charge in [0.05, 0.1) is 10.6 Å². The zero-order valence-electron chi connectivity index (χ0n) is 15.2. The number of nitrogens with zero attached hydrogens (tertiary/aromatic N) is 1. The minimum Gasteiger partial charge on any atom is -0.356 e. The van der Waals surface area contributed by atoms with E-state index in [0.717, 1.165) is 18.5 Å². The number of rotatable bonds is 6. The quantitative estimate of drug-likeness (QED) is 0.384. The molecule has 0 spiro atoms. The van der Waals surface area contributed by atoms with Crippen LogP contribution in [0.4, 0.5) is 0 Å². The smallest absolute Gasteiger partial charge is 0.191 e. The van der Waals surface area contributed by atoms with E-state index in [1.54, 1.807) is 19.2 Å². The number of hydrogen-bond donors (Lipinski definition) is 2. The number of guanidine groups is 1. The first-order valence-electron chi connectivity index (χ1n) is 7.98. The Morgan fingerprint density at radius 1 is 1.08 bits per heavy atom. The van der Waals surface area contributed by atoms with E-state index in [4.69, 9.17) is 0 Å². The van der Waals surface area contributed by atoms with Gasteiger partial charge in [-0.05, 0) is 29.5 Å². The van der Waals surface area contributed by atoms with E-state index in [0.29, 0.717) is 17.4 Å². The Labute approximate surface area is 163 Å². The molecule has 0 unspecified atom stereocenters. The molecule has 0 amide bonds. The van der Waals surface area contributed by atoms with Crippen LogP contribution in [0.1, 0.15) is 39.7 Å². The molecule has 0 radical (unpaired) electrons. The normalized spacial score (nSPS) is 12.5. The summed E-state index contributed by atoms with van der Waals surface area (Å²) in [4.78, 5) is 4.42. The molecule has 0 bridgehead atoms. The molecule has 0 aromatic heterocycles. The van der Waals surface area contributed by atoms with Crippen molar-refractivity contribution in [1.82, 2.24) is 10.6 Å². The predicted molar refractivity (Wildman–Crippen MR) is 112 cm³/mol. The van der Waals surface area contributed by atoms with Crippen molar-refractivity contribution in [2.45, 2.75) is 44.4 Å². The molecule has 0 aliphatic carbocycles. The summed E-state index contributed by atoms with van der Waals surface area (Å²) in [5.74, 6) is 0.666. The van der Waals surface area contributed by atoms with Gasteiger partial charge in [-0.15, -0.1) is 24.0 Å². The third-order valence-corrected chi connectivity index (χ3v) is 5.24. The van der Waals surface area contributed by atoms with Gasteiger partial charge >= 0.3 is 0 Å². The maximum absolute atomic E-state index is 12.4. The summed E-state index contributed by atoms with van der Waals surface area (Å²) in [5.41, 5.74) is 1.14. The molecule has 0 atom stereocenters. The summed E-state index contributed by atoms with van der Waals surface area (Å²) >= 11 is 0. The lowest BCUT2D eigenvalue weighted by molar-refractivity contribution is 0.586. The zero-order valence-corrected chi connectivity index (χ0v) is 18.4. The van der Waals surface area contributed by atoms with Crippen molar-refractivity contribution >= 4 is 39.8 Å². The molecule has 0 saturated heterocycles. The van der Waals surface area contributed by atoms with Crippen LogP contribution >= 0.6 is 24.0 Å². The van der Waals surface area contributed by atoms with E-state index < -0.39 is 9.84 Å². The van der Waals surface area contributed by atoms with Gasteiger partial charge in [-0.2, -0.15) is 0 Å². The van der Waals surface area contributed by atoms with Gasteiger partial charge in [0.1, 0.15) is 0 Å². The highest BCUT2D eigenvalue weighted by Gasteiger charge is 2.17. The number of nitrogens with one attached hydrogen (secondary N) is 2. The molecular weight excluding hydrogens is 437 g/mol. The molecule has 138 valence electrons. The number of sulfone groups is 1. The largest absolute Gasteiger partial charge is 0.356 e. The van der Waals surface area contributed by atoms with Gasteiger partial charge in [0, 0.05) is 20.1 Å². The Bertz CT molecular complexity index is 620. The molecule has 0 saturated carbocycles. The third-order valence-electron chi connectivity index (χ3n) is 3.51. The molecule has 0 aliphatic heterocycles. The topological polar surface area (TPSA) is 70.6 Å². The first-order valence-corrected chi connectivity index (χ1v) is 9.63. The van der Waals surface area contributed by atoms with E-state index in [9.17, 15) is 8.42 Å². The molecule has 0 fully saturated rings. The predicted octanol–water partition coefficient (Wildman–Crippen LogP) is 2.95. The van der Waals surface area contributed by atoms with Crippen LogP contribution in [0.2, 0.25) is 0 Å². The maximum atomic E-state index is 12.4. The molecule has 1 rings (SSSR count). The first kappa shape index (κ1) is 23.2.